The summed E-state index contributed by atoms with van der Waals surface area (Å²) in [5, 5.41) is 3.80. The molecule has 1 aliphatic rings. The van der Waals surface area contributed by atoms with Crippen molar-refractivity contribution < 1.29 is 4.39 Å². The molecule has 104 valence electrons. The minimum absolute atomic E-state index is 0.254. The first-order valence-corrected chi connectivity index (χ1v) is 7.24. The predicted octanol–water partition coefficient (Wildman–Crippen LogP) is 4.66. The molecule has 0 saturated heterocycles. The zero-order valence-corrected chi connectivity index (χ0v) is 12.4. The van der Waals surface area contributed by atoms with Gasteiger partial charge >= 0.3 is 0 Å². The van der Waals surface area contributed by atoms with Gasteiger partial charge in [0, 0.05) is 11.6 Å². The van der Waals surface area contributed by atoms with Gasteiger partial charge in [0.1, 0.15) is 5.82 Å². The molecule has 1 N–H and O–H groups in total. The van der Waals surface area contributed by atoms with Crippen molar-refractivity contribution in [2.45, 2.75) is 25.8 Å². The quantitative estimate of drug-likeness (QED) is 0.848. The summed E-state index contributed by atoms with van der Waals surface area (Å²) >= 11 is 6.19. The average molecular weight is 290 g/mol. The van der Waals surface area contributed by atoms with Crippen LogP contribution in [0.2, 0.25) is 5.02 Å². The average Bonchev–Trinajstić information content (AvgIpc) is 2.85. The van der Waals surface area contributed by atoms with E-state index in [1.54, 1.807) is 6.92 Å². The maximum atomic E-state index is 13.5. The van der Waals surface area contributed by atoms with Crippen molar-refractivity contribution in [3.8, 4) is 11.1 Å². The predicted molar refractivity (Wildman–Crippen MR) is 81.7 cm³/mol. The van der Waals surface area contributed by atoms with Gasteiger partial charge in [-0.05, 0) is 61.2 Å². The molecule has 2 aromatic carbocycles. The van der Waals surface area contributed by atoms with Gasteiger partial charge < -0.3 is 5.32 Å². The Hall–Kier alpha value is -1.38. The van der Waals surface area contributed by atoms with E-state index in [2.05, 4.69) is 23.5 Å². The van der Waals surface area contributed by atoms with Crippen molar-refractivity contribution in [1.29, 1.82) is 0 Å². The molecule has 1 aliphatic carbocycles. The van der Waals surface area contributed by atoms with Crippen molar-refractivity contribution in [3.63, 3.8) is 0 Å². The maximum Gasteiger partial charge on any atom is 0.127 e. The van der Waals surface area contributed by atoms with E-state index < -0.39 is 0 Å². The highest BCUT2D eigenvalue weighted by Crippen LogP contribution is 2.36. The van der Waals surface area contributed by atoms with E-state index in [4.69, 9.17) is 11.6 Å². The topological polar surface area (TPSA) is 12.0 Å². The highest BCUT2D eigenvalue weighted by molar-refractivity contribution is 6.33. The van der Waals surface area contributed by atoms with E-state index in [1.807, 2.05) is 13.1 Å². The van der Waals surface area contributed by atoms with E-state index in [0.29, 0.717) is 16.6 Å². The summed E-state index contributed by atoms with van der Waals surface area (Å²) in [5.41, 5.74) is 5.32. The Morgan fingerprint density at radius 3 is 2.80 bits per heavy atom. The van der Waals surface area contributed by atoms with Gasteiger partial charge in [-0.25, -0.2) is 4.39 Å². The summed E-state index contributed by atoms with van der Waals surface area (Å²) in [6, 6.07) is 10.1. The number of aryl methyl sites for hydroxylation is 2. The van der Waals surface area contributed by atoms with E-state index in [0.717, 1.165) is 24.0 Å². The van der Waals surface area contributed by atoms with Gasteiger partial charge in [0.05, 0.1) is 5.02 Å². The molecule has 0 saturated carbocycles. The van der Waals surface area contributed by atoms with Crippen LogP contribution in [-0.2, 0) is 6.42 Å². The van der Waals surface area contributed by atoms with Crippen LogP contribution in [0.5, 0.6) is 0 Å². The zero-order chi connectivity index (χ0) is 14.3. The number of benzene rings is 2. The van der Waals surface area contributed by atoms with Crippen LogP contribution in [-0.4, -0.2) is 7.05 Å². The third kappa shape index (κ3) is 2.23. The minimum atomic E-state index is -0.254. The Balaban J connectivity index is 2.06. The number of nitrogens with one attached hydrogen (secondary N) is 1. The summed E-state index contributed by atoms with van der Waals surface area (Å²) in [7, 11) is 1.99. The molecule has 0 bridgehead atoms. The molecule has 0 aromatic heterocycles. The molecule has 0 amide bonds. The molecular formula is C17H17ClFN. The third-order valence-electron chi connectivity index (χ3n) is 4.13. The van der Waals surface area contributed by atoms with Crippen LogP contribution >= 0.6 is 11.6 Å². The molecule has 0 aliphatic heterocycles. The lowest BCUT2D eigenvalue weighted by Gasteiger charge is -2.12. The second-order valence-corrected chi connectivity index (χ2v) is 5.78. The van der Waals surface area contributed by atoms with Crippen LogP contribution in [0.1, 0.15) is 29.2 Å². The van der Waals surface area contributed by atoms with E-state index in [9.17, 15) is 4.39 Å². The summed E-state index contributed by atoms with van der Waals surface area (Å²) in [5.74, 6) is -0.254. The lowest BCUT2D eigenvalue weighted by atomic mass is 9.98. The summed E-state index contributed by atoms with van der Waals surface area (Å²) in [6.45, 7) is 1.76. The van der Waals surface area contributed by atoms with Crippen molar-refractivity contribution >= 4 is 11.6 Å². The van der Waals surface area contributed by atoms with E-state index in [-0.39, 0.29) is 5.82 Å². The second-order valence-electron chi connectivity index (χ2n) is 5.37. The summed E-state index contributed by atoms with van der Waals surface area (Å²) in [6.07, 6.45) is 2.21. The molecule has 1 nitrogen and oxygen atoms in total. The van der Waals surface area contributed by atoms with Gasteiger partial charge in [-0.15, -0.1) is 0 Å². The fourth-order valence-electron chi connectivity index (χ4n) is 2.96. The molecule has 0 radical (unpaired) electrons. The molecule has 1 atom stereocenters. The highest BCUT2D eigenvalue weighted by Gasteiger charge is 2.21. The number of rotatable bonds is 2. The molecule has 0 heterocycles. The Bertz CT molecular complexity index is 666. The molecule has 0 fully saturated rings. The van der Waals surface area contributed by atoms with E-state index >= 15 is 0 Å². The van der Waals surface area contributed by atoms with Crippen LogP contribution in [0.25, 0.3) is 11.1 Å². The minimum Gasteiger partial charge on any atom is -0.313 e. The lowest BCUT2D eigenvalue weighted by molar-refractivity contribution is 0.590. The third-order valence-corrected chi connectivity index (χ3v) is 4.44. The fraction of sp³-hybridized carbons (Fsp3) is 0.294. The maximum absolute atomic E-state index is 13.5. The first-order valence-electron chi connectivity index (χ1n) is 6.86. The first kappa shape index (κ1) is 13.6. The SMILES string of the molecule is CNC1CCc2cc(-c3cc(C)c(F)cc3Cl)ccc21. The Labute approximate surface area is 123 Å². The molecule has 3 rings (SSSR count). The van der Waals surface area contributed by atoms with Crippen molar-refractivity contribution in [1.82, 2.24) is 5.32 Å². The number of halogens is 2. The largest absolute Gasteiger partial charge is 0.313 e. The molecule has 1 unspecified atom stereocenters. The normalized spacial score (nSPS) is 17.3. The van der Waals surface area contributed by atoms with Crippen LogP contribution < -0.4 is 5.32 Å². The fourth-order valence-corrected chi connectivity index (χ4v) is 3.22. The van der Waals surface area contributed by atoms with Crippen LogP contribution in [0.15, 0.2) is 30.3 Å². The monoisotopic (exact) mass is 289 g/mol. The zero-order valence-electron chi connectivity index (χ0n) is 11.6. The standard InChI is InChI=1S/C17H17ClFN/c1-10-7-14(15(18)9-16(10)19)12-3-5-13-11(8-12)4-6-17(13)20-2/h3,5,7-9,17,20H,4,6H2,1-2H3. The Morgan fingerprint density at radius 1 is 1.25 bits per heavy atom. The van der Waals surface area contributed by atoms with Crippen molar-refractivity contribution in [2.75, 3.05) is 7.05 Å². The van der Waals surface area contributed by atoms with Crippen LogP contribution in [0, 0.1) is 12.7 Å². The van der Waals surface area contributed by atoms with Gasteiger partial charge in [0.25, 0.3) is 0 Å². The van der Waals surface area contributed by atoms with Crippen LogP contribution in [0.3, 0.4) is 0 Å². The molecular weight excluding hydrogens is 273 g/mol. The number of hydrogen-bond acceptors (Lipinski definition) is 1. The van der Waals surface area contributed by atoms with Gasteiger partial charge in [0.2, 0.25) is 0 Å². The molecule has 20 heavy (non-hydrogen) atoms. The Kier molecular flexibility index (Phi) is 3.53. The Morgan fingerprint density at radius 2 is 2.05 bits per heavy atom. The number of fused-ring (bicyclic) bond motifs is 1. The van der Waals surface area contributed by atoms with Gasteiger partial charge in [-0.2, -0.15) is 0 Å². The van der Waals surface area contributed by atoms with Crippen LogP contribution in [0.4, 0.5) is 4.39 Å². The summed E-state index contributed by atoms with van der Waals surface area (Å²) in [4.78, 5) is 0. The van der Waals surface area contributed by atoms with Gasteiger partial charge in [-0.3, -0.25) is 0 Å². The molecule has 2 aromatic rings. The molecule has 0 spiro atoms. The smallest absolute Gasteiger partial charge is 0.127 e. The van der Waals surface area contributed by atoms with Crippen molar-refractivity contribution in [2.24, 2.45) is 0 Å². The lowest BCUT2D eigenvalue weighted by Crippen LogP contribution is -2.12. The molecule has 3 heteroatoms. The van der Waals surface area contributed by atoms with E-state index in [1.165, 1.54) is 17.2 Å². The highest BCUT2D eigenvalue weighted by atomic mass is 35.5. The van der Waals surface area contributed by atoms with Gasteiger partial charge in [-0.1, -0.05) is 29.8 Å². The van der Waals surface area contributed by atoms with Crippen molar-refractivity contribution in [3.05, 3.63) is 57.9 Å². The first-order chi connectivity index (χ1) is 9.60. The summed E-state index contributed by atoms with van der Waals surface area (Å²) < 4.78 is 13.5. The second kappa shape index (κ2) is 5.19. The van der Waals surface area contributed by atoms with Gasteiger partial charge in [0.15, 0.2) is 0 Å². The number of hydrogen-bond donors (Lipinski definition) is 1.